The molecule has 0 aliphatic rings. The minimum Gasteiger partial charge on any atom is -0.373 e. The molecule has 4 nitrogen and oxygen atoms in total. The van der Waals surface area contributed by atoms with Gasteiger partial charge >= 0.3 is 0 Å². The van der Waals surface area contributed by atoms with Gasteiger partial charge in [-0.15, -0.1) is 0 Å². The molecule has 4 heteroatoms. The lowest BCUT2D eigenvalue weighted by Crippen LogP contribution is -2.13. The second-order valence-corrected chi connectivity index (χ2v) is 4.64. The van der Waals surface area contributed by atoms with Crippen LogP contribution in [0.4, 0.5) is 5.82 Å². The van der Waals surface area contributed by atoms with Gasteiger partial charge < -0.3 is 10.1 Å². The monoisotopic (exact) mass is 271 g/mol. The van der Waals surface area contributed by atoms with Crippen LogP contribution in [0.5, 0.6) is 0 Å². The van der Waals surface area contributed by atoms with Gasteiger partial charge in [-0.1, -0.05) is 30.3 Å². The molecule has 20 heavy (non-hydrogen) atoms. The van der Waals surface area contributed by atoms with E-state index in [9.17, 15) is 0 Å². The molecule has 0 spiro atoms. The van der Waals surface area contributed by atoms with E-state index in [1.165, 1.54) is 0 Å². The van der Waals surface area contributed by atoms with Crippen LogP contribution in [0.1, 0.15) is 35.7 Å². The maximum absolute atomic E-state index is 5.86. The molecule has 2 rings (SSSR count). The van der Waals surface area contributed by atoms with Crippen molar-refractivity contribution in [1.82, 2.24) is 9.97 Å². The molecule has 0 saturated heterocycles. The van der Waals surface area contributed by atoms with Gasteiger partial charge in [0.25, 0.3) is 0 Å². The zero-order valence-electron chi connectivity index (χ0n) is 12.5. The van der Waals surface area contributed by atoms with Crippen molar-refractivity contribution in [1.29, 1.82) is 0 Å². The summed E-state index contributed by atoms with van der Waals surface area (Å²) in [5, 5.41) is 3.12. The predicted molar refractivity (Wildman–Crippen MR) is 81.0 cm³/mol. The minimum absolute atomic E-state index is 0.229. The summed E-state index contributed by atoms with van der Waals surface area (Å²) in [6, 6.07) is 10.1. The molecule has 1 unspecified atom stereocenters. The number of aromatic nitrogens is 2. The number of nitrogens with zero attached hydrogens (tertiary/aromatic N) is 2. The summed E-state index contributed by atoms with van der Waals surface area (Å²) in [7, 11) is 1.87. The van der Waals surface area contributed by atoms with E-state index in [4.69, 9.17) is 4.74 Å². The number of hydrogen-bond acceptors (Lipinski definition) is 4. The average molecular weight is 271 g/mol. The highest BCUT2D eigenvalue weighted by molar-refractivity contribution is 5.45. The van der Waals surface area contributed by atoms with Gasteiger partial charge in [0, 0.05) is 24.9 Å². The summed E-state index contributed by atoms with van der Waals surface area (Å²) in [6.45, 7) is 6.61. The van der Waals surface area contributed by atoms with Crippen molar-refractivity contribution in [2.24, 2.45) is 0 Å². The van der Waals surface area contributed by atoms with Crippen LogP contribution >= 0.6 is 0 Å². The third-order valence-corrected chi connectivity index (χ3v) is 3.31. The first kappa shape index (κ1) is 14.5. The SMILES string of the molecule is CCOC(c1ccccc1)c1nc(C)c(C)c(NC)n1. The summed E-state index contributed by atoms with van der Waals surface area (Å²) >= 11 is 0. The molecule has 0 saturated carbocycles. The largest absolute Gasteiger partial charge is 0.373 e. The van der Waals surface area contributed by atoms with E-state index in [0.717, 1.165) is 22.6 Å². The minimum atomic E-state index is -0.229. The number of rotatable bonds is 5. The number of hydrogen-bond donors (Lipinski definition) is 1. The van der Waals surface area contributed by atoms with E-state index >= 15 is 0 Å². The van der Waals surface area contributed by atoms with Gasteiger partial charge in [0.15, 0.2) is 5.82 Å². The first-order valence-corrected chi connectivity index (χ1v) is 6.86. The summed E-state index contributed by atoms with van der Waals surface area (Å²) in [6.07, 6.45) is -0.229. The quantitative estimate of drug-likeness (QED) is 0.906. The fourth-order valence-electron chi connectivity index (χ4n) is 2.13. The van der Waals surface area contributed by atoms with Gasteiger partial charge in [0.05, 0.1) is 0 Å². The molecule has 106 valence electrons. The molecule has 1 heterocycles. The van der Waals surface area contributed by atoms with Crippen molar-refractivity contribution in [2.45, 2.75) is 26.9 Å². The third kappa shape index (κ3) is 2.96. The van der Waals surface area contributed by atoms with Crippen LogP contribution in [0.3, 0.4) is 0 Å². The lowest BCUT2D eigenvalue weighted by molar-refractivity contribution is 0.0851. The molecule has 2 aromatic rings. The van der Waals surface area contributed by atoms with Crippen molar-refractivity contribution >= 4 is 5.82 Å². The van der Waals surface area contributed by atoms with E-state index in [0.29, 0.717) is 12.4 Å². The van der Waals surface area contributed by atoms with Crippen LogP contribution in [0.15, 0.2) is 30.3 Å². The molecule has 0 fully saturated rings. The van der Waals surface area contributed by atoms with Crippen LogP contribution in [-0.2, 0) is 4.74 Å². The normalized spacial score (nSPS) is 12.2. The Labute approximate surface area is 120 Å². The standard InChI is InChI=1S/C16H21N3O/c1-5-20-14(13-9-7-6-8-10-13)16-18-12(3)11(2)15(17-4)19-16/h6-10,14H,5H2,1-4H3,(H,17,18,19). The van der Waals surface area contributed by atoms with Crippen LogP contribution in [0.2, 0.25) is 0 Å². The van der Waals surface area contributed by atoms with Gasteiger partial charge in [-0.25, -0.2) is 9.97 Å². The Bertz CT molecular complexity index is 569. The number of aryl methyl sites for hydroxylation is 1. The molecular formula is C16H21N3O. The second kappa shape index (κ2) is 6.48. The maximum atomic E-state index is 5.86. The average Bonchev–Trinajstić information content (AvgIpc) is 2.48. The van der Waals surface area contributed by atoms with Crippen molar-refractivity contribution < 1.29 is 4.74 Å². The van der Waals surface area contributed by atoms with Gasteiger partial charge in [0.1, 0.15) is 11.9 Å². The Morgan fingerprint density at radius 3 is 2.45 bits per heavy atom. The third-order valence-electron chi connectivity index (χ3n) is 3.31. The summed E-state index contributed by atoms with van der Waals surface area (Å²) < 4.78 is 5.86. The topological polar surface area (TPSA) is 47.0 Å². The Kier molecular flexibility index (Phi) is 4.69. The summed E-state index contributed by atoms with van der Waals surface area (Å²) in [4.78, 5) is 9.20. The van der Waals surface area contributed by atoms with Crippen molar-refractivity contribution in [3.05, 3.63) is 53.0 Å². The lowest BCUT2D eigenvalue weighted by Gasteiger charge is -2.18. The smallest absolute Gasteiger partial charge is 0.164 e. The van der Waals surface area contributed by atoms with Crippen LogP contribution in [0.25, 0.3) is 0 Å². The molecule has 1 aromatic carbocycles. The first-order chi connectivity index (χ1) is 9.67. The summed E-state index contributed by atoms with van der Waals surface area (Å²) in [5.74, 6) is 1.55. The zero-order chi connectivity index (χ0) is 14.5. The van der Waals surface area contributed by atoms with E-state index < -0.39 is 0 Å². The molecule has 0 radical (unpaired) electrons. The van der Waals surface area contributed by atoms with E-state index in [1.54, 1.807) is 0 Å². The second-order valence-electron chi connectivity index (χ2n) is 4.64. The molecule has 0 amide bonds. The summed E-state index contributed by atoms with van der Waals surface area (Å²) in [5.41, 5.74) is 3.11. The van der Waals surface area contributed by atoms with Crippen LogP contribution in [0, 0.1) is 13.8 Å². The number of benzene rings is 1. The Morgan fingerprint density at radius 1 is 1.15 bits per heavy atom. The van der Waals surface area contributed by atoms with Crippen LogP contribution < -0.4 is 5.32 Å². The molecule has 0 aliphatic heterocycles. The Morgan fingerprint density at radius 2 is 1.85 bits per heavy atom. The molecule has 0 aliphatic carbocycles. The number of nitrogens with one attached hydrogen (secondary N) is 1. The Hall–Kier alpha value is -1.94. The van der Waals surface area contributed by atoms with Gasteiger partial charge in [-0.05, 0) is 26.3 Å². The molecule has 1 aromatic heterocycles. The highest BCUT2D eigenvalue weighted by Gasteiger charge is 2.19. The van der Waals surface area contributed by atoms with Crippen molar-refractivity contribution in [3.8, 4) is 0 Å². The van der Waals surface area contributed by atoms with Gasteiger partial charge in [0.2, 0.25) is 0 Å². The van der Waals surface area contributed by atoms with E-state index in [1.807, 2.05) is 58.2 Å². The highest BCUT2D eigenvalue weighted by atomic mass is 16.5. The van der Waals surface area contributed by atoms with Crippen molar-refractivity contribution in [2.75, 3.05) is 19.0 Å². The molecular weight excluding hydrogens is 250 g/mol. The maximum Gasteiger partial charge on any atom is 0.164 e. The van der Waals surface area contributed by atoms with E-state index in [-0.39, 0.29) is 6.10 Å². The fraction of sp³-hybridized carbons (Fsp3) is 0.375. The first-order valence-electron chi connectivity index (χ1n) is 6.86. The zero-order valence-corrected chi connectivity index (χ0v) is 12.5. The molecule has 0 bridgehead atoms. The predicted octanol–water partition coefficient (Wildman–Crippen LogP) is 3.26. The molecule has 1 atom stereocenters. The Balaban J connectivity index is 2.47. The van der Waals surface area contributed by atoms with E-state index in [2.05, 4.69) is 15.3 Å². The number of anilines is 1. The number of ether oxygens (including phenoxy) is 1. The lowest BCUT2D eigenvalue weighted by atomic mass is 10.1. The highest BCUT2D eigenvalue weighted by Crippen LogP contribution is 2.26. The van der Waals surface area contributed by atoms with Gasteiger partial charge in [-0.3, -0.25) is 0 Å². The van der Waals surface area contributed by atoms with Gasteiger partial charge in [-0.2, -0.15) is 0 Å². The van der Waals surface area contributed by atoms with Crippen molar-refractivity contribution in [3.63, 3.8) is 0 Å². The van der Waals surface area contributed by atoms with Crippen LogP contribution in [-0.4, -0.2) is 23.6 Å². The molecule has 1 N–H and O–H groups in total. The fourth-order valence-corrected chi connectivity index (χ4v) is 2.13.